The molecule has 1 fully saturated rings. The number of hydrogen-bond acceptors (Lipinski definition) is 6. The molecule has 0 saturated carbocycles. The van der Waals surface area contributed by atoms with Gasteiger partial charge in [-0.1, -0.05) is 5.16 Å². The van der Waals surface area contributed by atoms with Crippen molar-refractivity contribution in [2.24, 2.45) is 0 Å². The van der Waals surface area contributed by atoms with Crippen molar-refractivity contribution in [2.75, 3.05) is 6.54 Å². The van der Waals surface area contributed by atoms with Gasteiger partial charge in [-0.05, 0) is 25.3 Å². The minimum atomic E-state index is -0.946. The van der Waals surface area contributed by atoms with Crippen molar-refractivity contribution in [2.45, 2.75) is 38.1 Å². The van der Waals surface area contributed by atoms with Crippen LogP contribution in [0, 0.1) is 0 Å². The van der Waals surface area contributed by atoms with Crippen LogP contribution in [-0.4, -0.2) is 44.6 Å². The van der Waals surface area contributed by atoms with Gasteiger partial charge in [-0.15, -0.1) is 0 Å². The molecule has 3 heterocycles. The first-order valence-electron chi connectivity index (χ1n) is 7.52. The molecule has 1 atom stereocenters. The lowest BCUT2D eigenvalue weighted by Gasteiger charge is -2.32. The molecule has 8 heteroatoms. The summed E-state index contributed by atoms with van der Waals surface area (Å²) in [6.45, 7) is 0.486. The number of piperidine rings is 1. The van der Waals surface area contributed by atoms with Gasteiger partial charge in [-0.2, -0.15) is 4.98 Å². The third-order valence-corrected chi connectivity index (χ3v) is 3.91. The number of likely N-dealkylation sites (tertiary alicyclic amines) is 1. The molecular weight excluding hydrogens is 302 g/mol. The predicted octanol–water partition coefficient (Wildman–Crippen LogP) is 1.73. The fourth-order valence-electron chi connectivity index (χ4n) is 2.71. The quantitative estimate of drug-likeness (QED) is 0.893. The van der Waals surface area contributed by atoms with E-state index < -0.39 is 12.0 Å². The van der Waals surface area contributed by atoms with E-state index in [-0.39, 0.29) is 18.7 Å². The van der Waals surface area contributed by atoms with Gasteiger partial charge in [-0.25, -0.2) is 4.79 Å². The molecule has 2 aromatic heterocycles. The van der Waals surface area contributed by atoms with Crippen LogP contribution in [0.4, 0.5) is 0 Å². The fourth-order valence-corrected chi connectivity index (χ4v) is 2.71. The molecule has 1 aliphatic heterocycles. The number of carboxylic acid groups (broad SMARTS) is 1. The maximum Gasteiger partial charge on any atom is 0.326 e. The highest BCUT2D eigenvalue weighted by Gasteiger charge is 2.31. The van der Waals surface area contributed by atoms with Crippen LogP contribution in [0.15, 0.2) is 27.5 Å². The highest BCUT2D eigenvalue weighted by atomic mass is 16.5. The van der Waals surface area contributed by atoms with Crippen LogP contribution in [0.2, 0.25) is 0 Å². The highest BCUT2D eigenvalue weighted by Crippen LogP contribution is 2.20. The van der Waals surface area contributed by atoms with Crippen molar-refractivity contribution in [3.8, 4) is 11.4 Å². The largest absolute Gasteiger partial charge is 0.480 e. The van der Waals surface area contributed by atoms with Crippen molar-refractivity contribution < 1.29 is 23.6 Å². The summed E-state index contributed by atoms with van der Waals surface area (Å²) in [5, 5.41) is 13.0. The number of hydrogen-bond donors (Lipinski definition) is 1. The molecule has 0 aliphatic carbocycles. The topological polar surface area (TPSA) is 110 Å². The van der Waals surface area contributed by atoms with E-state index in [0.717, 1.165) is 12.8 Å². The zero-order chi connectivity index (χ0) is 16.2. The molecule has 1 N–H and O–H groups in total. The SMILES string of the molecule is O=C(O)[C@H]1CCCCN1C(=O)CCc1nc(-c2ccoc2)no1. The first-order chi connectivity index (χ1) is 11.1. The summed E-state index contributed by atoms with van der Waals surface area (Å²) in [6.07, 6.45) is 5.62. The van der Waals surface area contributed by atoms with E-state index in [0.29, 0.717) is 30.2 Å². The van der Waals surface area contributed by atoms with Crippen molar-refractivity contribution in [3.05, 3.63) is 24.5 Å². The van der Waals surface area contributed by atoms with Gasteiger partial charge >= 0.3 is 5.97 Å². The number of furan rings is 1. The first kappa shape index (κ1) is 15.3. The van der Waals surface area contributed by atoms with Gasteiger partial charge in [-0.3, -0.25) is 4.79 Å². The van der Waals surface area contributed by atoms with E-state index in [9.17, 15) is 14.7 Å². The molecule has 1 aliphatic rings. The van der Waals surface area contributed by atoms with Crippen molar-refractivity contribution >= 4 is 11.9 Å². The number of aliphatic carboxylic acids is 1. The average molecular weight is 319 g/mol. The van der Waals surface area contributed by atoms with Gasteiger partial charge in [0, 0.05) is 19.4 Å². The van der Waals surface area contributed by atoms with Gasteiger partial charge < -0.3 is 18.9 Å². The molecule has 0 aromatic carbocycles. The molecule has 0 unspecified atom stereocenters. The summed E-state index contributed by atoms with van der Waals surface area (Å²) >= 11 is 0. The van der Waals surface area contributed by atoms with Gasteiger partial charge in [0.1, 0.15) is 12.3 Å². The van der Waals surface area contributed by atoms with Crippen molar-refractivity contribution in [1.29, 1.82) is 0 Å². The smallest absolute Gasteiger partial charge is 0.326 e. The second kappa shape index (κ2) is 6.64. The number of carboxylic acids is 1. The second-order valence-corrected chi connectivity index (χ2v) is 5.46. The maximum atomic E-state index is 12.3. The molecule has 3 rings (SSSR count). The van der Waals surface area contributed by atoms with Crippen LogP contribution in [0.1, 0.15) is 31.6 Å². The Morgan fingerprint density at radius 2 is 2.26 bits per heavy atom. The van der Waals surface area contributed by atoms with E-state index in [4.69, 9.17) is 8.94 Å². The Bertz CT molecular complexity index is 679. The highest BCUT2D eigenvalue weighted by molar-refractivity contribution is 5.83. The summed E-state index contributed by atoms with van der Waals surface area (Å²) in [6, 6.07) is 0.991. The lowest BCUT2D eigenvalue weighted by Crippen LogP contribution is -2.48. The third kappa shape index (κ3) is 3.41. The fraction of sp³-hybridized carbons (Fsp3) is 0.467. The van der Waals surface area contributed by atoms with E-state index in [1.54, 1.807) is 6.07 Å². The van der Waals surface area contributed by atoms with E-state index in [1.807, 2.05) is 0 Å². The Balaban J connectivity index is 1.59. The molecule has 2 aromatic rings. The van der Waals surface area contributed by atoms with Crippen LogP contribution in [-0.2, 0) is 16.0 Å². The number of carbonyl (C=O) groups is 2. The summed E-state index contributed by atoms with van der Waals surface area (Å²) < 4.78 is 10.1. The van der Waals surface area contributed by atoms with Crippen molar-refractivity contribution in [3.63, 3.8) is 0 Å². The molecule has 1 amide bonds. The minimum Gasteiger partial charge on any atom is -0.480 e. The summed E-state index contributed by atoms with van der Waals surface area (Å²) in [4.78, 5) is 29.2. The molecule has 0 radical (unpaired) electrons. The monoisotopic (exact) mass is 319 g/mol. The number of carbonyl (C=O) groups excluding carboxylic acids is 1. The summed E-state index contributed by atoms with van der Waals surface area (Å²) in [7, 11) is 0. The zero-order valence-corrected chi connectivity index (χ0v) is 12.5. The van der Waals surface area contributed by atoms with Crippen LogP contribution in [0.3, 0.4) is 0 Å². The summed E-state index contributed by atoms with van der Waals surface area (Å²) in [5.41, 5.74) is 0.702. The van der Waals surface area contributed by atoms with Crippen molar-refractivity contribution in [1.82, 2.24) is 15.0 Å². The van der Waals surface area contributed by atoms with Gasteiger partial charge in [0.05, 0.1) is 11.8 Å². The Morgan fingerprint density at radius 1 is 1.39 bits per heavy atom. The molecule has 23 heavy (non-hydrogen) atoms. The lowest BCUT2D eigenvalue weighted by atomic mass is 10.0. The van der Waals surface area contributed by atoms with Crippen LogP contribution >= 0.6 is 0 Å². The van der Waals surface area contributed by atoms with Crippen LogP contribution in [0.25, 0.3) is 11.4 Å². The standard InChI is InChI=1S/C15H17N3O5/c19-13(18-7-2-1-3-11(18)15(20)21)5-4-12-16-14(17-23-12)10-6-8-22-9-10/h6,8-9,11H,1-5,7H2,(H,20,21)/t11-/m1/s1. The molecular formula is C15H17N3O5. The minimum absolute atomic E-state index is 0.150. The van der Waals surface area contributed by atoms with Gasteiger partial charge in [0.15, 0.2) is 0 Å². The first-order valence-corrected chi connectivity index (χ1v) is 7.52. The number of nitrogens with zero attached hydrogens (tertiary/aromatic N) is 3. The molecule has 1 saturated heterocycles. The Kier molecular flexibility index (Phi) is 4.40. The third-order valence-electron chi connectivity index (χ3n) is 3.91. The van der Waals surface area contributed by atoms with E-state index in [2.05, 4.69) is 10.1 Å². The van der Waals surface area contributed by atoms with Gasteiger partial charge in [0.25, 0.3) is 0 Å². The van der Waals surface area contributed by atoms with E-state index in [1.165, 1.54) is 17.4 Å². The lowest BCUT2D eigenvalue weighted by molar-refractivity contribution is -0.152. The Morgan fingerprint density at radius 3 is 3.00 bits per heavy atom. The Hall–Kier alpha value is -2.64. The molecule has 122 valence electrons. The van der Waals surface area contributed by atoms with E-state index >= 15 is 0 Å². The maximum absolute atomic E-state index is 12.3. The molecule has 0 bridgehead atoms. The number of amides is 1. The Labute approximate surface area is 132 Å². The van der Waals surface area contributed by atoms with Crippen LogP contribution in [0.5, 0.6) is 0 Å². The summed E-state index contributed by atoms with van der Waals surface area (Å²) in [5.74, 6) is -0.390. The number of aryl methyl sites for hydroxylation is 1. The second-order valence-electron chi connectivity index (χ2n) is 5.46. The number of aromatic nitrogens is 2. The van der Waals surface area contributed by atoms with Crippen LogP contribution < -0.4 is 0 Å². The predicted molar refractivity (Wildman–Crippen MR) is 77.3 cm³/mol. The molecule has 8 nitrogen and oxygen atoms in total. The molecule has 0 spiro atoms. The van der Waals surface area contributed by atoms with Gasteiger partial charge in [0.2, 0.25) is 17.6 Å². The average Bonchev–Trinajstić information content (AvgIpc) is 3.23. The zero-order valence-electron chi connectivity index (χ0n) is 12.5. The number of rotatable bonds is 5. The normalized spacial score (nSPS) is 18.1.